The molecule has 0 aliphatic carbocycles. The van der Waals surface area contributed by atoms with Gasteiger partial charge in [0, 0.05) is 10.7 Å². The fourth-order valence-electron chi connectivity index (χ4n) is 1.91. The minimum absolute atomic E-state index is 0.0219. The third kappa shape index (κ3) is 2.17. The molecule has 2 aromatic rings. The van der Waals surface area contributed by atoms with Crippen LogP contribution in [0.2, 0.25) is 5.02 Å². The number of hydrogen-bond acceptors (Lipinski definition) is 2. The van der Waals surface area contributed by atoms with Gasteiger partial charge < -0.3 is 10.1 Å². The van der Waals surface area contributed by atoms with Crippen LogP contribution in [0.3, 0.4) is 0 Å². The molecule has 4 heteroatoms. The lowest BCUT2D eigenvalue weighted by molar-refractivity contribution is -0.115. The van der Waals surface area contributed by atoms with Gasteiger partial charge in [-0.3, -0.25) is 4.79 Å². The molecule has 3 nitrogen and oxygen atoms in total. The number of fused-ring (bicyclic) bond motifs is 1. The molecule has 0 bridgehead atoms. The molecule has 1 aliphatic rings. The highest BCUT2D eigenvalue weighted by Gasteiger charge is 2.17. The molecule has 3 rings (SSSR count). The second kappa shape index (κ2) is 4.35. The monoisotopic (exact) mass is 259 g/mol. The minimum atomic E-state index is 0.0219. The van der Waals surface area contributed by atoms with Gasteiger partial charge in [0.2, 0.25) is 5.91 Å². The second-order valence-corrected chi connectivity index (χ2v) is 4.54. The van der Waals surface area contributed by atoms with Crippen LogP contribution in [0.25, 0.3) is 0 Å². The summed E-state index contributed by atoms with van der Waals surface area (Å²) in [5, 5.41) is 3.46. The van der Waals surface area contributed by atoms with Crippen molar-refractivity contribution >= 4 is 23.2 Å². The van der Waals surface area contributed by atoms with E-state index in [1.54, 1.807) is 24.3 Å². The number of amides is 1. The standard InChI is InChI=1S/C14H10ClNO2/c15-10-1-3-11(4-2-10)18-12-5-6-13-9(7-12)8-14(17)16-13/h1-7H,8H2,(H,16,17). The van der Waals surface area contributed by atoms with Gasteiger partial charge in [-0.2, -0.15) is 0 Å². The van der Waals surface area contributed by atoms with Gasteiger partial charge in [0.25, 0.3) is 0 Å². The van der Waals surface area contributed by atoms with Gasteiger partial charge in [-0.1, -0.05) is 11.6 Å². The number of rotatable bonds is 2. The quantitative estimate of drug-likeness (QED) is 0.894. The van der Waals surface area contributed by atoms with Crippen LogP contribution >= 0.6 is 11.6 Å². The number of ether oxygens (including phenoxy) is 1. The average Bonchev–Trinajstić information content (AvgIpc) is 2.71. The zero-order valence-electron chi connectivity index (χ0n) is 9.44. The molecule has 2 aromatic carbocycles. The zero-order chi connectivity index (χ0) is 12.5. The predicted octanol–water partition coefficient (Wildman–Crippen LogP) is 3.63. The first-order valence-corrected chi connectivity index (χ1v) is 5.95. The predicted molar refractivity (Wildman–Crippen MR) is 70.3 cm³/mol. The lowest BCUT2D eigenvalue weighted by Gasteiger charge is -2.07. The summed E-state index contributed by atoms with van der Waals surface area (Å²) in [6.45, 7) is 0. The van der Waals surface area contributed by atoms with Gasteiger partial charge in [0.15, 0.2) is 0 Å². The van der Waals surface area contributed by atoms with Crippen molar-refractivity contribution in [3.8, 4) is 11.5 Å². The Labute approximate surface area is 109 Å². The van der Waals surface area contributed by atoms with Gasteiger partial charge in [-0.25, -0.2) is 0 Å². The summed E-state index contributed by atoms with van der Waals surface area (Å²) in [5.41, 5.74) is 1.83. The van der Waals surface area contributed by atoms with Crippen LogP contribution < -0.4 is 10.1 Å². The molecule has 0 spiro atoms. The number of carbonyl (C=O) groups excluding carboxylic acids is 1. The number of anilines is 1. The zero-order valence-corrected chi connectivity index (χ0v) is 10.2. The Morgan fingerprint density at radius 2 is 1.78 bits per heavy atom. The van der Waals surface area contributed by atoms with Crippen LogP contribution in [0, 0.1) is 0 Å². The molecular formula is C14H10ClNO2. The second-order valence-electron chi connectivity index (χ2n) is 4.10. The number of hydrogen-bond donors (Lipinski definition) is 1. The Morgan fingerprint density at radius 1 is 1.06 bits per heavy atom. The molecule has 0 aromatic heterocycles. The summed E-state index contributed by atoms with van der Waals surface area (Å²) in [4.78, 5) is 11.2. The Hall–Kier alpha value is -2.00. The molecule has 0 unspecified atom stereocenters. The molecule has 90 valence electrons. The Bertz CT molecular complexity index is 608. The molecule has 0 saturated heterocycles. The number of nitrogens with one attached hydrogen (secondary N) is 1. The number of halogens is 1. The van der Waals surface area contributed by atoms with Crippen molar-refractivity contribution in [1.29, 1.82) is 0 Å². The fourth-order valence-corrected chi connectivity index (χ4v) is 2.03. The summed E-state index contributed by atoms with van der Waals surface area (Å²) in [6.07, 6.45) is 0.410. The largest absolute Gasteiger partial charge is 0.457 e. The third-order valence-corrected chi connectivity index (χ3v) is 3.00. The van der Waals surface area contributed by atoms with Crippen molar-refractivity contribution in [2.45, 2.75) is 6.42 Å². The SMILES string of the molecule is O=C1Cc2cc(Oc3ccc(Cl)cc3)ccc2N1. The summed E-state index contributed by atoms with van der Waals surface area (Å²) in [6, 6.07) is 12.7. The maximum Gasteiger partial charge on any atom is 0.228 e. The van der Waals surface area contributed by atoms with E-state index in [9.17, 15) is 4.79 Å². The maximum atomic E-state index is 11.2. The molecule has 1 amide bonds. The normalized spacial score (nSPS) is 13.1. The van der Waals surface area contributed by atoms with E-state index in [4.69, 9.17) is 16.3 Å². The average molecular weight is 260 g/mol. The molecule has 1 N–H and O–H groups in total. The molecule has 1 aliphatic heterocycles. The molecule has 0 fully saturated rings. The van der Waals surface area contributed by atoms with E-state index >= 15 is 0 Å². The van der Waals surface area contributed by atoms with Gasteiger partial charge in [0.1, 0.15) is 11.5 Å². The van der Waals surface area contributed by atoms with E-state index < -0.39 is 0 Å². The van der Waals surface area contributed by atoms with E-state index in [1.165, 1.54) is 0 Å². The number of benzene rings is 2. The number of carbonyl (C=O) groups is 1. The highest BCUT2D eigenvalue weighted by molar-refractivity contribution is 6.30. The van der Waals surface area contributed by atoms with Gasteiger partial charge in [-0.05, 0) is 48.0 Å². The summed E-state index contributed by atoms with van der Waals surface area (Å²) >= 11 is 5.81. The Morgan fingerprint density at radius 3 is 2.56 bits per heavy atom. The third-order valence-electron chi connectivity index (χ3n) is 2.75. The molecule has 18 heavy (non-hydrogen) atoms. The lowest BCUT2D eigenvalue weighted by atomic mass is 10.1. The summed E-state index contributed by atoms with van der Waals surface area (Å²) in [7, 11) is 0. The van der Waals surface area contributed by atoms with Crippen molar-refractivity contribution in [1.82, 2.24) is 0 Å². The first-order valence-electron chi connectivity index (χ1n) is 5.57. The van der Waals surface area contributed by atoms with Crippen LogP contribution in [0.4, 0.5) is 5.69 Å². The van der Waals surface area contributed by atoms with Crippen molar-refractivity contribution < 1.29 is 9.53 Å². The molecular weight excluding hydrogens is 250 g/mol. The first-order chi connectivity index (χ1) is 8.70. The van der Waals surface area contributed by atoms with E-state index in [1.807, 2.05) is 18.2 Å². The van der Waals surface area contributed by atoms with Crippen LogP contribution in [0.15, 0.2) is 42.5 Å². The minimum Gasteiger partial charge on any atom is -0.457 e. The fraction of sp³-hybridized carbons (Fsp3) is 0.0714. The van der Waals surface area contributed by atoms with Crippen LogP contribution in [0.5, 0.6) is 11.5 Å². The van der Waals surface area contributed by atoms with Crippen LogP contribution in [-0.4, -0.2) is 5.91 Å². The Balaban J connectivity index is 1.84. The first kappa shape index (κ1) is 11.1. The summed E-state index contributed by atoms with van der Waals surface area (Å²) in [5.74, 6) is 1.46. The van der Waals surface area contributed by atoms with Gasteiger partial charge in [0.05, 0.1) is 6.42 Å². The highest BCUT2D eigenvalue weighted by atomic mass is 35.5. The van der Waals surface area contributed by atoms with E-state index in [0.29, 0.717) is 17.2 Å². The molecule has 0 radical (unpaired) electrons. The van der Waals surface area contributed by atoms with Crippen molar-refractivity contribution in [2.75, 3.05) is 5.32 Å². The smallest absolute Gasteiger partial charge is 0.228 e. The van der Waals surface area contributed by atoms with Crippen LogP contribution in [-0.2, 0) is 11.2 Å². The summed E-state index contributed by atoms with van der Waals surface area (Å²) < 4.78 is 5.70. The van der Waals surface area contributed by atoms with E-state index in [2.05, 4.69) is 5.32 Å². The van der Waals surface area contributed by atoms with Crippen molar-refractivity contribution in [2.24, 2.45) is 0 Å². The van der Waals surface area contributed by atoms with Gasteiger partial charge >= 0.3 is 0 Å². The topological polar surface area (TPSA) is 38.3 Å². The van der Waals surface area contributed by atoms with Crippen molar-refractivity contribution in [3.05, 3.63) is 53.1 Å². The van der Waals surface area contributed by atoms with Crippen LogP contribution in [0.1, 0.15) is 5.56 Å². The maximum absolute atomic E-state index is 11.2. The highest BCUT2D eigenvalue weighted by Crippen LogP contribution is 2.30. The van der Waals surface area contributed by atoms with Gasteiger partial charge in [-0.15, -0.1) is 0 Å². The lowest BCUT2D eigenvalue weighted by Crippen LogP contribution is -2.03. The van der Waals surface area contributed by atoms with E-state index in [0.717, 1.165) is 17.0 Å². The Kier molecular flexibility index (Phi) is 2.68. The molecule has 0 saturated carbocycles. The molecule has 1 heterocycles. The van der Waals surface area contributed by atoms with E-state index in [-0.39, 0.29) is 5.91 Å². The molecule has 0 atom stereocenters. The van der Waals surface area contributed by atoms with Crippen molar-refractivity contribution in [3.63, 3.8) is 0 Å².